The minimum absolute atomic E-state index is 0.00118. The molecule has 1 heterocycles. The molecule has 0 aromatic carbocycles. The molecule has 110 valence electrons. The van der Waals surface area contributed by atoms with Crippen molar-refractivity contribution in [1.82, 2.24) is 0 Å². The van der Waals surface area contributed by atoms with E-state index in [1.54, 1.807) is 0 Å². The zero-order valence-electron chi connectivity index (χ0n) is 12.1. The molecule has 3 heteroatoms. The highest BCUT2D eigenvalue weighted by Crippen LogP contribution is 2.50. The molecule has 1 spiro atoms. The van der Waals surface area contributed by atoms with Gasteiger partial charge in [-0.25, -0.2) is 0 Å². The van der Waals surface area contributed by atoms with E-state index in [1.807, 2.05) is 0 Å². The molecule has 3 nitrogen and oxygen atoms in total. The molecule has 2 atom stereocenters. The Hall–Kier alpha value is -0.120. The molecule has 0 aromatic rings. The molecule has 3 rings (SSSR count). The van der Waals surface area contributed by atoms with E-state index in [0.29, 0.717) is 0 Å². The Bertz CT molecular complexity index is 292. The lowest BCUT2D eigenvalue weighted by molar-refractivity contribution is -0.466. The summed E-state index contributed by atoms with van der Waals surface area (Å²) in [5.41, 5.74) is 0. The second-order valence-electron chi connectivity index (χ2n) is 6.68. The average molecular weight is 268 g/mol. The second kappa shape index (κ2) is 5.71. The van der Waals surface area contributed by atoms with Crippen molar-refractivity contribution in [2.24, 2.45) is 11.8 Å². The van der Waals surface area contributed by atoms with Crippen LogP contribution >= 0.6 is 0 Å². The SMILES string of the molecule is CCC1C(O)CCC12OC(CCC1CCCCC1)O2. The van der Waals surface area contributed by atoms with Gasteiger partial charge in [-0.1, -0.05) is 39.0 Å². The molecule has 2 saturated carbocycles. The number of hydrogen-bond acceptors (Lipinski definition) is 3. The maximum Gasteiger partial charge on any atom is 0.179 e. The van der Waals surface area contributed by atoms with Crippen molar-refractivity contribution < 1.29 is 14.6 Å². The molecule has 0 radical (unpaired) electrons. The van der Waals surface area contributed by atoms with Crippen LogP contribution in [0.1, 0.15) is 71.1 Å². The Kier molecular flexibility index (Phi) is 4.16. The molecule has 2 unspecified atom stereocenters. The number of aliphatic hydroxyl groups excluding tert-OH is 1. The molecule has 1 saturated heterocycles. The molecule has 1 aliphatic heterocycles. The Morgan fingerprint density at radius 1 is 1.05 bits per heavy atom. The van der Waals surface area contributed by atoms with Crippen LogP contribution in [0.15, 0.2) is 0 Å². The van der Waals surface area contributed by atoms with Crippen molar-refractivity contribution in [3.63, 3.8) is 0 Å². The molecule has 19 heavy (non-hydrogen) atoms. The Morgan fingerprint density at radius 2 is 1.79 bits per heavy atom. The van der Waals surface area contributed by atoms with Crippen LogP contribution in [0.3, 0.4) is 0 Å². The molecule has 0 aromatic heterocycles. The van der Waals surface area contributed by atoms with E-state index in [1.165, 1.54) is 38.5 Å². The molecule has 1 N–H and O–H groups in total. The van der Waals surface area contributed by atoms with Crippen molar-refractivity contribution in [3.8, 4) is 0 Å². The van der Waals surface area contributed by atoms with E-state index in [0.717, 1.165) is 31.6 Å². The monoisotopic (exact) mass is 268 g/mol. The van der Waals surface area contributed by atoms with Gasteiger partial charge in [0.15, 0.2) is 12.1 Å². The van der Waals surface area contributed by atoms with Crippen molar-refractivity contribution in [2.45, 2.75) is 89.3 Å². The van der Waals surface area contributed by atoms with Crippen LogP contribution in [-0.4, -0.2) is 23.3 Å². The molecule has 2 aliphatic carbocycles. The van der Waals surface area contributed by atoms with Gasteiger partial charge in [-0.15, -0.1) is 0 Å². The maximum absolute atomic E-state index is 9.95. The molecule has 0 amide bonds. The molecule has 3 fully saturated rings. The van der Waals surface area contributed by atoms with Crippen LogP contribution in [0.25, 0.3) is 0 Å². The number of rotatable bonds is 4. The fraction of sp³-hybridized carbons (Fsp3) is 1.00. The zero-order chi connectivity index (χ0) is 13.3. The molecule has 0 bridgehead atoms. The summed E-state index contributed by atoms with van der Waals surface area (Å²) in [4.78, 5) is 0. The number of hydrogen-bond donors (Lipinski definition) is 1. The molecular formula is C16H28O3. The summed E-state index contributed by atoms with van der Waals surface area (Å²) in [5, 5.41) is 9.95. The van der Waals surface area contributed by atoms with Crippen LogP contribution in [0.5, 0.6) is 0 Å². The van der Waals surface area contributed by atoms with Crippen LogP contribution in [0, 0.1) is 11.8 Å². The lowest BCUT2D eigenvalue weighted by atomic mass is 9.86. The third kappa shape index (κ3) is 2.70. The van der Waals surface area contributed by atoms with Crippen molar-refractivity contribution in [2.75, 3.05) is 0 Å². The van der Waals surface area contributed by atoms with Gasteiger partial charge in [0.2, 0.25) is 0 Å². The topological polar surface area (TPSA) is 38.7 Å². The standard InChI is InChI=1S/C16H28O3/c1-2-13-14(17)10-11-16(13)18-15(19-16)9-8-12-6-4-3-5-7-12/h12-15,17H,2-11H2,1H3. The second-order valence-corrected chi connectivity index (χ2v) is 6.68. The third-order valence-corrected chi connectivity index (χ3v) is 5.46. The minimum atomic E-state index is -0.425. The first-order valence-corrected chi connectivity index (χ1v) is 8.27. The van der Waals surface area contributed by atoms with E-state index < -0.39 is 5.79 Å². The zero-order valence-corrected chi connectivity index (χ0v) is 12.1. The van der Waals surface area contributed by atoms with Gasteiger partial charge in [0, 0.05) is 12.3 Å². The van der Waals surface area contributed by atoms with Crippen LogP contribution < -0.4 is 0 Å². The van der Waals surface area contributed by atoms with Crippen LogP contribution in [-0.2, 0) is 9.47 Å². The van der Waals surface area contributed by atoms with E-state index in [9.17, 15) is 5.11 Å². The van der Waals surface area contributed by atoms with E-state index in [-0.39, 0.29) is 18.3 Å². The number of ether oxygens (including phenoxy) is 2. The summed E-state index contributed by atoms with van der Waals surface area (Å²) in [7, 11) is 0. The van der Waals surface area contributed by atoms with E-state index in [2.05, 4.69) is 6.92 Å². The molecular weight excluding hydrogens is 240 g/mol. The van der Waals surface area contributed by atoms with Gasteiger partial charge in [-0.2, -0.15) is 0 Å². The van der Waals surface area contributed by atoms with Gasteiger partial charge in [-0.05, 0) is 31.6 Å². The van der Waals surface area contributed by atoms with Gasteiger partial charge in [0.25, 0.3) is 0 Å². The summed E-state index contributed by atoms with van der Waals surface area (Å²) >= 11 is 0. The maximum atomic E-state index is 9.95. The summed E-state index contributed by atoms with van der Waals surface area (Å²) < 4.78 is 12.1. The van der Waals surface area contributed by atoms with Gasteiger partial charge < -0.3 is 14.6 Å². The summed E-state index contributed by atoms with van der Waals surface area (Å²) in [5.74, 6) is 0.651. The lowest BCUT2D eigenvalue weighted by Crippen LogP contribution is -2.57. The first kappa shape index (κ1) is 13.8. The van der Waals surface area contributed by atoms with Gasteiger partial charge in [0.1, 0.15) is 0 Å². The third-order valence-electron chi connectivity index (χ3n) is 5.46. The highest BCUT2D eigenvalue weighted by Gasteiger charge is 2.57. The first-order chi connectivity index (χ1) is 9.23. The first-order valence-electron chi connectivity index (χ1n) is 8.27. The highest BCUT2D eigenvalue weighted by atomic mass is 16.9. The summed E-state index contributed by atoms with van der Waals surface area (Å²) in [6.07, 6.45) is 11.7. The molecule has 3 aliphatic rings. The smallest absolute Gasteiger partial charge is 0.179 e. The fourth-order valence-electron chi connectivity index (χ4n) is 4.32. The van der Waals surface area contributed by atoms with Crippen LogP contribution in [0.4, 0.5) is 0 Å². The van der Waals surface area contributed by atoms with E-state index in [4.69, 9.17) is 9.47 Å². The fourth-order valence-corrected chi connectivity index (χ4v) is 4.32. The van der Waals surface area contributed by atoms with Crippen LogP contribution in [0.2, 0.25) is 0 Å². The normalized spacial score (nSPS) is 43.6. The van der Waals surface area contributed by atoms with Gasteiger partial charge >= 0.3 is 0 Å². The van der Waals surface area contributed by atoms with Gasteiger partial charge in [-0.3, -0.25) is 0 Å². The lowest BCUT2D eigenvalue weighted by Gasteiger charge is -2.49. The Morgan fingerprint density at radius 3 is 2.47 bits per heavy atom. The van der Waals surface area contributed by atoms with E-state index >= 15 is 0 Å². The highest BCUT2D eigenvalue weighted by molar-refractivity contribution is 4.96. The predicted octanol–water partition coefficient (Wildman–Crippen LogP) is 3.60. The quantitative estimate of drug-likeness (QED) is 0.846. The largest absolute Gasteiger partial charge is 0.393 e. The Labute approximate surface area is 116 Å². The predicted molar refractivity (Wildman–Crippen MR) is 73.5 cm³/mol. The van der Waals surface area contributed by atoms with Crippen molar-refractivity contribution >= 4 is 0 Å². The summed E-state index contributed by atoms with van der Waals surface area (Å²) in [6.45, 7) is 2.11. The Balaban J connectivity index is 1.42. The van der Waals surface area contributed by atoms with Crippen molar-refractivity contribution in [1.29, 1.82) is 0 Å². The van der Waals surface area contributed by atoms with Gasteiger partial charge in [0.05, 0.1) is 6.10 Å². The minimum Gasteiger partial charge on any atom is -0.393 e. The average Bonchev–Trinajstić information content (AvgIpc) is 2.73. The van der Waals surface area contributed by atoms with Crippen molar-refractivity contribution in [3.05, 3.63) is 0 Å². The summed E-state index contributed by atoms with van der Waals surface area (Å²) in [6, 6.07) is 0. The number of aliphatic hydroxyl groups is 1.